The number of aliphatic carboxylic acids is 1. The van der Waals surface area contributed by atoms with Crippen LogP contribution in [0.25, 0.3) is 0 Å². The van der Waals surface area contributed by atoms with Crippen molar-refractivity contribution >= 4 is 5.97 Å². The molecule has 1 fully saturated rings. The summed E-state index contributed by atoms with van der Waals surface area (Å²) in [6, 6.07) is 5.95. The third kappa shape index (κ3) is 3.82. The Bertz CT molecular complexity index is 367. The maximum absolute atomic E-state index is 10.5. The normalized spacial score (nSPS) is 20.6. The van der Waals surface area contributed by atoms with Crippen molar-refractivity contribution in [2.45, 2.75) is 25.8 Å². The van der Waals surface area contributed by atoms with Crippen LogP contribution in [0.3, 0.4) is 0 Å². The first-order valence-corrected chi connectivity index (χ1v) is 6.08. The smallest absolute Gasteiger partial charge is 0.303 e. The zero-order valence-electron chi connectivity index (χ0n) is 9.88. The molecular weight excluding hydrogens is 216 g/mol. The average molecular weight is 234 g/mol. The van der Waals surface area contributed by atoms with Gasteiger partial charge in [0.05, 0.1) is 5.69 Å². The highest BCUT2D eigenvalue weighted by Gasteiger charge is 2.22. The van der Waals surface area contributed by atoms with Crippen molar-refractivity contribution in [2.75, 3.05) is 13.1 Å². The van der Waals surface area contributed by atoms with Crippen LogP contribution in [0.1, 0.15) is 25.0 Å². The molecule has 1 unspecified atom stereocenters. The Morgan fingerprint density at radius 2 is 2.41 bits per heavy atom. The van der Waals surface area contributed by atoms with Crippen LogP contribution >= 0.6 is 0 Å². The Morgan fingerprint density at radius 1 is 1.53 bits per heavy atom. The molecule has 1 aliphatic rings. The van der Waals surface area contributed by atoms with E-state index in [9.17, 15) is 4.79 Å². The van der Waals surface area contributed by atoms with Crippen LogP contribution in [0.4, 0.5) is 0 Å². The van der Waals surface area contributed by atoms with Gasteiger partial charge in [0.1, 0.15) is 0 Å². The molecule has 0 saturated carbocycles. The van der Waals surface area contributed by atoms with E-state index in [1.165, 1.54) is 0 Å². The Morgan fingerprint density at radius 3 is 3.12 bits per heavy atom. The number of aromatic nitrogens is 1. The molecule has 0 radical (unpaired) electrons. The maximum atomic E-state index is 10.5. The predicted octanol–water partition coefficient (Wildman–Crippen LogP) is 1.77. The Balaban J connectivity index is 1.76. The molecule has 0 spiro atoms. The summed E-state index contributed by atoms with van der Waals surface area (Å²) < 4.78 is 0. The van der Waals surface area contributed by atoms with Crippen molar-refractivity contribution in [1.29, 1.82) is 0 Å². The fourth-order valence-corrected chi connectivity index (χ4v) is 2.34. The van der Waals surface area contributed by atoms with Crippen LogP contribution in [0.15, 0.2) is 24.4 Å². The lowest BCUT2D eigenvalue weighted by molar-refractivity contribution is -0.137. The summed E-state index contributed by atoms with van der Waals surface area (Å²) in [6.45, 7) is 2.94. The lowest BCUT2D eigenvalue weighted by Crippen LogP contribution is -2.20. The van der Waals surface area contributed by atoms with Crippen molar-refractivity contribution in [2.24, 2.45) is 5.92 Å². The molecule has 0 bridgehead atoms. The lowest BCUT2D eigenvalue weighted by atomic mass is 10.0. The van der Waals surface area contributed by atoms with Crippen LogP contribution in [0, 0.1) is 5.92 Å². The summed E-state index contributed by atoms with van der Waals surface area (Å²) in [5.74, 6) is -0.150. The largest absolute Gasteiger partial charge is 0.481 e. The highest BCUT2D eigenvalue weighted by Crippen LogP contribution is 2.22. The predicted molar refractivity (Wildman–Crippen MR) is 64.5 cm³/mol. The molecule has 4 heteroatoms. The zero-order chi connectivity index (χ0) is 12.1. The number of pyridine rings is 1. The van der Waals surface area contributed by atoms with Crippen LogP contribution in [0.2, 0.25) is 0 Å². The van der Waals surface area contributed by atoms with Gasteiger partial charge in [0.25, 0.3) is 0 Å². The average Bonchev–Trinajstić information content (AvgIpc) is 2.75. The van der Waals surface area contributed by atoms with Gasteiger partial charge in [-0.2, -0.15) is 0 Å². The second kappa shape index (κ2) is 5.77. The Kier molecular flexibility index (Phi) is 4.09. The summed E-state index contributed by atoms with van der Waals surface area (Å²) in [4.78, 5) is 17.2. The van der Waals surface area contributed by atoms with Gasteiger partial charge in [0.2, 0.25) is 0 Å². The molecular formula is C13H18N2O2. The van der Waals surface area contributed by atoms with Crippen molar-refractivity contribution in [3.63, 3.8) is 0 Å². The molecule has 2 heterocycles. The quantitative estimate of drug-likeness (QED) is 0.843. The van der Waals surface area contributed by atoms with Gasteiger partial charge in [-0.25, -0.2) is 0 Å². The van der Waals surface area contributed by atoms with Gasteiger partial charge >= 0.3 is 5.97 Å². The van der Waals surface area contributed by atoms with Crippen LogP contribution in [-0.2, 0) is 11.3 Å². The minimum atomic E-state index is -0.687. The number of rotatable bonds is 5. The van der Waals surface area contributed by atoms with Crippen LogP contribution < -0.4 is 0 Å². The topological polar surface area (TPSA) is 53.4 Å². The van der Waals surface area contributed by atoms with E-state index in [1.54, 1.807) is 0 Å². The zero-order valence-corrected chi connectivity index (χ0v) is 9.88. The Labute approximate surface area is 101 Å². The number of hydrogen-bond donors (Lipinski definition) is 1. The molecule has 0 amide bonds. The second-order valence-corrected chi connectivity index (χ2v) is 4.64. The fourth-order valence-electron chi connectivity index (χ4n) is 2.34. The van der Waals surface area contributed by atoms with Gasteiger partial charge in [-0.05, 0) is 37.4 Å². The molecule has 4 nitrogen and oxygen atoms in total. The third-order valence-electron chi connectivity index (χ3n) is 3.25. The van der Waals surface area contributed by atoms with Gasteiger partial charge in [-0.15, -0.1) is 0 Å². The van der Waals surface area contributed by atoms with E-state index in [4.69, 9.17) is 5.11 Å². The van der Waals surface area contributed by atoms with Crippen molar-refractivity contribution in [1.82, 2.24) is 9.88 Å². The van der Waals surface area contributed by atoms with Crippen molar-refractivity contribution in [3.05, 3.63) is 30.1 Å². The standard InChI is InChI=1S/C13H18N2O2/c16-13(17)5-4-11-6-8-15(9-11)10-12-3-1-2-7-14-12/h1-3,7,11H,4-6,8-10H2,(H,16,17). The molecule has 1 atom stereocenters. The summed E-state index contributed by atoms with van der Waals surface area (Å²) in [7, 11) is 0. The van der Waals surface area contributed by atoms with Crippen LogP contribution in [-0.4, -0.2) is 34.0 Å². The van der Waals surface area contributed by atoms with E-state index in [0.29, 0.717) is 12.3 Å². The Hall–Kier alpha value is -1.42. The maximum Gasteiger partial charge on any atom is 0.303 e. The molecule has 0 aromatic carbocycles. The number of nitrogens with zero attached hydrogens (tertiary/aromatic N) is 2. The second-order valence-electron chi connectivity index (χ2n) is 4.64. The van der Waals surface area contributed by atoms with E-state index in [-0.39, 0.29) is 0 Å². The van der Waals surface area contributed by atoms with Gasteiger partial charge in [-0.3, -0.25) is 14.7 Å². The van der Waals surface area contributed by atoms with E-state index in [1.807, 2.05) is 24.4 Å². The molecule has 1 aromatic rings. The first kappa shape index (κ1) is 12.0. The number of carboxylic acid groups (broad SMARTS) is 1. The van der Waals surface area contributed by atoms with Gasteiger partial charge in [0, 0.05) is 25.7 Å². The first-order valence-electron chi connectivity index (χ1n) is 6.08. The third-order valence-corrected chi connectivity index (χ3v) is 3.25. The van der Waals surface area contributed by atoms with Crippen LogP contribution in [0.5, 0.6) is 0 Å². The summed E-state index contributed by atoms with van der Waals surface area (Å²) >= 11 is 0. The molecule has 17 heavy (non-hydrogen) atoms. The molecule has 1 saturated heterocycles. The highest BCUT2D eigenvalue weighted by atomic mass is 16.4. The van der Waals surface area contributed by atoms with E-state index < -0.39 is 5.97 Å². The fraction of sp³-hybridized carbons (Fsp3) is 0.538. The monoisotopic (exact) mass is 234 g/mol. The van der Waals surface area contributed by atoms with Crippen molar-refractivity contribution < 1.29 is 9.90 Å². The van der Waals surface area contributed by atoms with Gasteiger partial charge in [0.15, 0.2) is 0 Å². The highest BCUT2D eigenvalue weighted by molar-refractivity contribution is 5.66. The van der Waals surface area contributed by atoms with Crippen molar-refractivity contribution in [3.8, 4) is 0 Å². The SMILES string of the molecule is O=C(O)CCC1CCN(Cc2ccccn2)C1. The summed E-state index contributed by atoms with van der Waals surface area (Å²) in [5.41, 5.74) is 1.09. The van der Waals surface area contributed by atoms with E-state index in [2.05, 4.69) is 9.88 Å². The summed E-state index contributed by atoms with van der Waals surface area (Å²) in [5, 5.41) is 8.65. The minimum Gasteiger partial charge on any atom is -0.481 e. The lowest BCUT2D eigenvalue weighted by Gasteiger charge is -2.15. The number of likely N-dealkylation sites (tertiary alicyclic amines) is 1. The molecule has 0 aliphatic carbocycles. The number of hydrogen-bond acceptors (Lipinski definition) is 3. The molecule has 92 valence electrons. The molecule has 2 rings (SSSR count). The summed E-state index contributed by atoms with van der Waals surface area (Å²) in [6.07, 6.45) is 4.02. The first-order chi connectivity index (χ1) is 8.24. The number of carboxylic acids is 1. The minimum absolute atomic E-state index is 0.294. The van der Waals surface area contributed by atoms with E-state index in [0.717, 1.165) is 38.2 Å². The molecule has 1 N–H and O–H groups in total. The number of carbonyl (C=O) groups is 1. The van der Waals surface area contributed by atoms with E-state index >= 15 is 0 Å². The van der Waals surface area contributed by atoms with Gasteiger partial charge in [-0.1, -0.05) is 6.07 Å². The molecule has 1 aliphatic heterocycles. The van der Waals surface area contributed by atoms with Gasteiger partial charge < -0.3 is 5.11 Å². The molecule has 1 aromatic heterocycles.